The molecule has 0 bridgehead atoms. The van der Waals surface area contributed by atoms with Crippen LogP contribution in [0.5, 0.6) is 11.5 Å². The predicted octanol–water partition coefficient (Wildman–Crippen LogP) is 4.59. The highest BCUT2D eigenvalue weighted by Gasteiger charge is 2.27. The Labute approximate surface area is 115 Å². The minimum atomic E-state index is 0.0907. The lowest BCUT2D eigenvalue weighted by atomic mass is 9.88. The first kappa shape index (κ1) is 13.0. The van der Waals surface area contributed by atoms with E-state index in [0.29, 0.717) is 18.2 Å². The Morgan fingerprint density at radius 2 is 1.71 bits per heavy atom. The molecule has 0 saturated heterocycles. The highest BCUT2D eigenvalue weighted by Crippen LogP contribution is 2.46. The van der Waals surface area contributed by atoms with Crippen molar-refractivity contribution >= 4 is 27.5 Å². The Morgan fingerprint density at radius 1 is 1.18 bits per heavy atom. The first-order valence-electron chi connectivity index (χ1n) is 5.62. The van der Waals surface area contributed by atoms with Crippen molar-refractivity contribution < 1.29 is 9.47 Å². The van der Waals surface area contributed by atoms with E-state index in [9.17, 15) is 0 Å². The fraction of sp³-hybridized carbons (Fsp3) is 0.538. The second-order valence-corrected chi connectivity index (χ2v) is 6.57. The van der Waals surface area contributed by atoms with Crippen molar-refractivity contribution in [1.29, 1.82) is 0 Å². The molecule has 0 spiro atoms. The third kappa shape index (κ3) is 2.71. The summed E-state index contributed by atoms with van der Waals surface area (Å²) in [7, 11) is 0. The van der Waals surface area contributed by atoms with Crippen molar-refractivity contribution in [2.45, 2.75) is 25.6 Å². The number of fused-ring (bicyclic) bond motifs is 1. The van der Waals surface area contributed by atoms with Crippen LogP contribution in [0.3, 0.4) is 0 Å². The average molecular weight is 320 g/mol. The van der Waals surface area contributed by atoms with Crippen LogP contribution in [0.1, 0.15) is 31.2 Å². The molecule has 1 heterocycles. The summed E-state index contributed by atoms with van der Waals surface area (Å²) in [6.07, 6.45) is 0. The average Bonchev–Trinajstić information content (AvgIpc) is 2.26. The lowest BCUT2D eigenvalue weighted by molar-refractivity contribution is 0.171. The van der Waals surface area contributed by atoms with Gasteiger partial charge in [-0.05, 0) is 17.0 Å². The maximum Gasteiger partial charge on any atom is 0.162 e. The Kier molecular flexibility index (Phi) is 3.60. The largest absolute Gasteiger partial charge is 0.486 e. The zero-order valence-electron chi connectivity index (χ0n) is 10.2. The summed E-state index contributed by atoms with van der Waals surface area (Å²) in [5.41, 5.74) is 1.14. The summed E-state index contributed by atoms with van der Waals surface area (Å²) in [5.74, 6) is 1.52. The van der Waals surface area contributed by atoms with Crippen LogP contribution in [-0.4, -0.2) is 13.2 Å². The molecule has 1 atom stereocenters. The topological polar surface area (TPSA) is 18.5 Å². The minimum Gasteiger partial charge on any atom is -0.486 e. The van der Waals surface area contributed by atoms with Crippen LogP contribution in [0.15, 0.2) is 12.1 Å². The van der Waals surface area contributed by atoms with E-state index in [2.05, 4.69) is 36.7 Å². The van der Waals surface area contributed by atoms with Crippen molar-refractivity contribution in [2.24, 2.45) is 5.41 Å². The summed E-state index contributed by atoms with van der Waals surface area (Å²) in [4.78, 5) is 0.179. The van der Waals surface area contributed by atoms with Gasteiger partial charge in [-0.25, -0.2) is 0 Å². The van der Waals surface area contributed by atoms with E-state index in [1.807, 2.05) is 12.1 Å². The van der Waals surface area contributed by atoms with Gasteiger partial charge < -0.3 is 9.47 Å². The van der Waals surface area contributed by atoms with Crippen LogP contribution < -0.4 is 9.47 Å². The van der Waals surface area contributed by atoms with E-state index in [1.54, 1.807) is 0 Å². The fourth-order valence-electron chi connectivity index (χ4n) is 1.74. The molecule has 0 aromatic heterocycles. The molecule has 1 aliphatic heterocycles. The Hall–Kier alpha value is -0.410. The smallest absolute Gasteiger partial charge is 0.162 e. The minimum absolute atomic E-state index is 0.0907. The van der Waals surface area contributed by atoms with Gasteiger partial charge in [-0.1, -0.05) is 48.3 Å². The van der Waals surface area contributed by atoms with Gasteiger partial charge in [-0.2, -0.15) is 0 Å². The maximum atomic E-state index is 6.30. The zero-order valence-corrected chi connectivity index (χ0v) is 12.6. The summed E-state index contributed by atoms with van der Waals surface area (Å²) < 4.78 is 11.1. The molecular formula is C13H16BrClO2. The molecule has 1 aromatic rings. The maximum absolute atomic E-state index is 6.30. The van der Waals surface area contributed by atoms with Gasteiger partial charge in [0.2, 0.25) is 0 Å². The van der Waals surface area contributed by atoms with Gasteiger partial charge >= 0.3 is 0 Å². The van der Waals surface area contributed by atoms with E-state index in [0.717, 1.165) is 17.1 Å². The summed E-state index contributed by atoms with van der Waals surface area (Å²) in [6, 6.07) is 3.81. The zero-order chi connectivity index (χ0) is 12.6. The van der Waals surface area contributed by atoms with E-state index in [-0.39, 0.29) is 10.2 Å². The first-order valence-corrected chi connectivity index (χ1v) is 6.92. The molecule has 1 aliphatic rings. The second kappa shape index (κ2) is 4.69. The number of ether oxygens (including phenoxy) is 2. The van der Waals surface area contributed by atoms with Crippen LogP contribution in [0.25, 0.3) is 0 Å². The molecule has 0 aliphatic carbocycles. The van der Waals surface area contributed by atoms with Crippen LogP contribution >= 0.6 is 27.5 Å². The summed E-state index contributed by atoms with van der Waals surface area (Å²) in [5, 5.41) is 0.714. The van der Waals surface area contributed by atoms with Gasteiger partial charge in [-0.15, -0.1) is 0 Å². The lowest BCUT2D eigenvalue weighted by Crippen LogP contribution is -2.17. The van der Waals surface area contributed by atoms with Gasteiger partial charge in [0.15, 0.2) is 11.5 Å². The van der Waals surface area contributed by atoms with Gasteiger partial charge in [-0.3, -0.25) is 0 Å². The first-order chi connectivity index (χ1) is 7.89. The quantitative estimate of drug-likeness (QED) is 0.705. The van der Waals surface area contributed by atoms with Crippen molar-refractivity contribution in [3.8, 4) is 11.5 Å². The van der Waals surface area contributed by atoms with Crippen LogP contribution in [-0.2, 0) is 0 Å². The number of halogens is 2. The molecule has 1 aromatic carbocycles. The van der Waals surface area contributed by atoms with Crippen molar-refractivity contribution in [3.63, 3.8) is 0 Å². The predicted molar refractivity (Wildman–Crippen MR) is 73.6 cm³/mol. The van der Waals surface area contributed by atoms with Gasteiger partial charge in [0.05, 0.1) is 0 Å². The monoisotopic (exact) mass is 318 g/mol. The van der Waals surface area contributed by atoms with Crippen molar-refractivity contribution in [3.05, 3.63) is 22.7 Å². The molecule has 4 heteroatoms. The summed E-state index contributed by atoms with van der Waals surface area (Å²) in [6.45, 7) is 7.68. The molecule has 94 valence electrons. The van der Waals surface area contributed by atoms with Crippen LogP contribution in [0.4, 0.5) is 0 Å². The summed E-state index contributed by atoms with van der Waals surface area (Å²) >= 11 is 10.0. The van der Waals surface area contributed by atoms with Crippen LogP contribution in [0.2, 0.25) is 5.02 Å². The fourth-order valence-corrected chi connectivity index (χ4v) is 2.51. The van der Waals surface area contributed by atoms with Gasteiger partial charge in [0.25, 0.3) is 0 Å². The second-order valence-electron chi connectivity index (χ2n) is 5.25. The Bertz CT molecular complexity index is 426. The number of hydrogen-bond acceptors (Lipinski definition) is 2. The molecule has 2 rings (SSSR count). The highest BCUT2D eigenvalue weighted by atomic mass is 79.9. The van der Waals surface area contributed by atoms with Crippen molar-refractivity contribution in [1.82, 2.24) is 0 Å². The number of alkyl halides is 1. The Balaban J connectivity index is 2.41. The SMILES string of the molecule is CC(C)(C)C(Br)c1cc2c(cc1Cl)OCCO2. The van der Waals surface area contributed by atoms with Crippen LogP contribution in [0, 0.1) is 5.41 Å². The third-order valence-corrected chi connectivity index (χ3v) is 4.89. The molecule has 2 nitrogen and oxygen atoms in total. The third-order valence-electron chi connectivity index (χ3n) is 2.69. The standard InChI is InChI=1S/C13H16BrClO2/c1-13(2,3)12(14)8-6-10-11(7-9(8)15)17-5-4-16-10/h6-7,12H,4-5H2,1-3H3. The van der Waals surface area contributed by atoms with Gasteiger partial charge in [0, 0.05) is 15.9 Å². The highest BCUT2D eigenvalue weighted by molar-refractivity contribution is 9.09. The molecule has 0 amide bonds. The molecule has 0 N–H and O–H groups in total. The van der Waals surface area contributed by atoms with E-state index < -0.39 is 0 Å². The molecular weight excluding hydrogens is 303 g/mol. The molecule has 1 unspecified atom stereocenters. The van der Waals surface area contributed by atoms with E-state index in [4.69, 9.17) is 21.1 Å². The van der Waals surface area contributed by atoms with Crippen molar-refractivity contribution in [2.75, 3.05) is 13.2 Å². The molecule has 0 saturated carbocycles. The number of benzene rings is 1. The van der Waals surface area contributed by atoms with E-state index in [1.165, 1.54) is 0 Å². The normalized spacial score (nSPS) is 16.8. The number of rotatable bonds is 1. The molecule has 17 heavy (non-hydrogen) atoms. The van der Waals surface area contributed by atoms with E-state index >= 15 is 0 Å². The molecule has 0 fully saturated rings. The van der Waals surface area contributed by atoms with Gasteiger partial charge in [0.1, 0.15) is 13.2 Å². The number of hydrogen-bond donors (Lipinski definition) is 0. The lowest BCUT2D eigenvalue weighted by Gasteiger charge is -2.28. The Morgan fingerprint density at radius 3 is 2.24 bits per heavy atom. The molecule has 0 radical (unpaired) electrons.